The third kappa shape index (κ3) is 5.09. The maximum Gasteiger partial charge on any atom is 0.336 e. The van der Waals surface area contributed by atoms with Crippen molar-refractivity contribution in [2.24, 2.45) is 0 Å². The van der Waals surface area contributed by atoms with Gasteiger partial charge in [0, 0.05) is 6.08 Å². The van der Waals surface area contributed by atoms with E-state index in [9.17, 15) is 14.9 Å². The zero-order chi connectivity index (χ0) is 15.8. The van der Waals surface area contributed by atoms with Crippen LogP contribution in [0.1, 0.15) is 11.1 Å². The topological polar surface area (TPSA) is 78.7 Å². The van der Waals surface area contributed by atoms with E-state index in [1.165, 1.54) is 12.1 Å². The highest BCUT2D eigenvalue weighted by molar-refractivity contribution is 5.88. The first-order chi connectivity index (χ1) is 10.6. The molecule has 0 unspecified atom stereocenters. The lowest BCUT2D eigenvalue weighted by atomic mass is 10.2. The Morgan fingerprint density at radius 1 is 1.14 bits per heavy atom. The van der Waals surface area contributed by atoms with E-state index in [-0.39, 0.29) is 6.61 Å². The van der Waals surface area contributed by atoms with Gasteiger partial charge in [0.05, 0.1) is 0 Å². The number of ether oxygens (including phenoxy) is 1. The first-order valence-electron chi connectivity index (χ1n) is 6.45. The van der Waals surface area contributed by atoms with E-state index in [2.05, 4.69) is 4.84 Å². The Kier molecular flexibility index (Phi) is 5.25. The fourth-order valence-corrected chi connectivity index (χ4v) is 1.70. The van der Waals surface area contributed by atoms with E-state index in [4.69, 9.17) is 4.74 Å². The van der Waals surface area contributed by atoms with Crippen molar-refractivity contribution < 1.29 is 19.5 Å². The predicted octanol–water partition coefficient (Wildman–Crippen LogP) is 3.01. The molecule has 2 rings (SSSR count). The number of rotatable bonds is 6. The summed E-state index contributed by atoms with van der Waals surface area (Å²) < 4.78 is 5.13. The summed E-state index contributed by atoms with van der Waals surface area (Å²) in [6, 6.07) is 15.7. The predicted molar refractivity (Wildman–Crippen MR) is 79.3 cm³/mol. The summed E-state index contributed by atoms with van der Waals surface area (Å²) in [5.41, 5.74) is 1.42. The van der Waals surface area contributed by atoms with Gasteiger partial charge in [-0.3, -0.25) is 0 Å². The highest BCUT2D eigenvalue weighted by Crippen LogP contribution is 2.14. The summed E-state index contributed by atoms with van der Waals surface area (Å²) in [5.74, 6) is -0.233. The second-order valence-electron chi connectivity index (χ2n) is 4.31. The largest absolute Gasteiger partial charge is 0.423 e. The molecule has 22 heavy (non-hydrogen) atoms. The summed E-state index contributed by atoms with van der Waals surface area (Å²) in [6.07, 6.45) is 2.96. The van der Waals surface area contributed by atoms with Crippen LogP contribution >= 0.6 is 0 Å². The third-order valence-corrected chi connectivity index (χ3v) is 2.66. The van der Waals surface area contributed by atoms with E-state index in [1.54, 1.807) is 24.3 Å². The van der Waals surface area contributed by atoms with Crippen LogP contribution in [0.25, 0.3) is 6.08 Å². The molecule has 6 nitrogen and oxygen atoms in total. The molecule has 0 fully saturated rings. The first-order valence-corrected chi connectivity index (χ1v) is 6.45. The smallest absolute Gasteiger partial charge is 0.336 e. The molecule has 0 heterocycles. The van der Waals surface area contributed by atoms with Crippen molar-refractivity contribution in [3.05, 3.63) is 81.9 Å². The summed E-state index contributed by atoms with van der Waals surface area (Å²) in [6.45, 7) is -0.196. The Balaban J connectivity index is 1.95. The second kappa shape index (κ2) is 7.58. The number of hydrogen-bond donors (Lipinski definition) is 0. The minimum absolute atomic E-state index is 0.196. The Morgan fingerprint density at radius 2 is 1.91 bits per heavy atom. The molecule has 0 aliphatic rings. The lowest BCUT2D eigenvalue weighted by molar-refractivity contribution is -0.763. The zero-order valence-corrected chi connectivity index (χ0v) is 11.5. The number of benzene rings is 2. The molecular weight excluding hydrogens is 286 g/mol. The molecular formula is C16H13NO5. The summed E-state index contributed by atoms with van der Waals surface area (Å²) in [7, 11) is 0. The highest BCUT2D eigenvalue weighted by atomic mass is 16.9. The van der Waals surface area contributed by atoms with Crippen LogP contribution in [0.3, 0.4) is 0 Å². The number of carbonyl (C=O) groups is 1. The molecule has 0 bridgehead atoms. The monoisotopic (exact) mass is 299 g/mol. The van der Waals surface area contributed by atoms with E-state index < -0.39 is 11.1 Å². The van der Waals surface area contributed by atoms with Crippen molar-refractivity contribution in [1.29, 1.82) is 0 Å². The van der Waals surface area contributed by atoms with Crippen molar-refractivity contribution in [3.63, 3.8) is 0 Å². The molecule has 0 saturated carbocycles. The molecule has 0 atom stereocenters. The summed E-state index contributed by atoms with van der Waals surface area (Å²) in [5, 5.41) is 9.27. The molecule has 0 aliphatic carbocycles. The van der Waals surface area contributed by atoms with E-state index in [0.717, 1.165) is 5.56 Å². The van der Waals surface area contributed by atoms with Crippen LogP contribution in [0.2, 0.25) is 0 Å². The number of esters is 1. The van der Waals surface area contributed by atoms with Gasteiger partial charge in [-0.05, 0) is 29.3 Å². The quantitative estimate of drug-likeness (QED) is 0.269. The lowest BCUT2D eigenvalue weighted by Gasteiger charge is -2.04. The van der Waals surface area contributed by atoms with Gasteiger partial charge >= 0.3 is 5.97 Å². The molecule has 0 saturated heterocycles. The zero-order valence-electron chi connectivity index (χ0n) is 11.5. The minimum Gasteiger partial charge on any atom is -0.423 e. The van der Waals surface area contributed by atoms with Crippen LogP contribution in [0.15, 0.2) is 60.7 Å². The standard InChI is InChI=1S/C16H13NO5/c18-16(10-9-13-5-2-1-3-6-13)22-15-8-4-7-14(11-15)12-21-17(19)20/h1-11H,12H2. The van der Waals surface area contributed by atoms with Gasteiger partial charge in [0.15, 0.2) is 0 Å². The van der Waals surface area contributed by atoms with Crippen molar-refractivity contribution in [2.75, 3.05) is 0 Å². The van der Waals surface area contributed by atoms with Gasteiger partial charge in [-0.25, -0.2) is 4.79 Å². The van der Waals surface area contributed by atoms with Gasteiger partial charge in [-0.15, -0.1) is 10.1 Å². The molecule has 0 aromatic heterocycles. The molecule has 0 spiro atoms. The summed E-state index contributed by atoms with van der Waals surface area (Å²) in [4.78, 5) is 26.1. The van der Waals surface area contributed by atoms with Crippen molar-refractivity contribution in [3.8, 4) is 5.75 Å². The van der Waals surface area contributed by atoms with Crippen molar-refractivity contribution >= 4 is 12.0 Å². The number of hydrogen-bond acceptors (Lipinski definition) is 5. The van der Waals surface area contributed by atoms with Crippen LogP contribution < -0.4 is 4.74 Å². The molecule has 6 heteroatoms. The molecule has 0 aliphatic heterocycles. The highest BCUT2D eigenvalue weighted by Gasteiger charge is 2.03. The van der Waals surface area contributed by atoms with Crippen LogP contribution in [0.4, 0.5) is 0 Å². The van der Waals surface area contributed by atoms with Gasteiger partial charge in [-0.2, -0.15) is 0 Å². The fourth-order valence-electron chi connectivity index (χ4n) is 1.70. The van der Waals surface area contributed by atoms with Crippen LogP contribution in [0.5, 0.6) is 5.75 Å². The Bertz CT molecular complexity index is 682. The van der Waals surface area contributed by atoms with E-state index in [1.807, 2.05) is 30.3 Å². The lowest BCUT2D eigenvalue weighted by Crippen LogP contribution is -2.05. The van der Waals surface area contributed by atoms with Gasteiger partial charge in [0.1, 0.15) is 12.4 Å². The van der Waals surface area contributed by atoms with E-state index >= 15 is 0 Å². The van der Waals surface area contributed by atoms with E-state index in [0.29, 0.717) is 11.3 Å². The Labute approximate surface area is 126 Å². The molecule has 0 radical (unpaired) electrons. The van der Waals surface area contributed by atoms with Crippen LogP contribution in [-0.2, 0) is 16.2 Å². The van der Waals surface area contributed by atoms with Crippen molar-refractivity contribution in [1.82, 2.24) is 0 Å². The third-order valence-electron chi connectivity index (χ3n) is 2.66. The Hall–Kier alpha value is -3.15. The minimum atomic E-state index is -0.874. The molecule has 2 aromatic rings. The SMILES string of the molecule is O=C(C=Cc1ccccc1)Oc1cccc(CO[N+](=O)[O-])c1. The first kappa shape index (κ1) is 15.2. The second-order valence-corrected chi connectivity index (χ2v) is 4.31. The molecule has 2 aromatic carbocycles. The van der Waals surface area contributed by atoms with Crippen molar-refractivity contribution in [2.45, 2.75) is 6.61 Å². The van der Waals surface area contributed by atoms with Gasteiger partial charge < -0.3 is 9.57 Å². The van der Waals surface area contributed by atoms with Crippen LogP contribution in [-0.4, -0.2) is 11.1 Å². The fraction of sp³-hybridized carbons (Fsp3) is 0.0625. The summed E-state index contributed by atoms with van der Waals surface area (Å²) >= 11 is 0. The molecule has 112 valence electrons. The molecule has 0 N–H and O–H groups in total. The number of nitrogens with zero attached hydrogens (tertiary/aromatic N) is 1. The van der Waals surface area contributed by atoms with Gasteiger partial charge in [0.2, 0.25) is 0 Å². The van der Waals surface area contributed by atoms with Gasteiger partial charge in [-0.1, -0.05) is 42.5 Å². The average Bonchev–Trinajstić information content (AvgIpc) is 2.52. The number of carbonyl (C=O) groups excluding carboxylic acids is 1. The Morgan fingerprint density at radius 3 is 2.64 bits per heavy atom. The maximum atomic E-state index is 11.7. The van der Waals surface area contributed by atoms with Gasteiger partial charge in [0.25, 0.3) is 5.09 Å². The average molecular weight is 299 g/mol. The normalized spacial score (nSPS) is 10.4. The maximum absolute atomic E-state index is 11.7. The molecule has 0 amide bonds. The van der Waals surface area contributed by atoms with Crippen LogP contribution in [0, 0.1) is 10.1 Å².